The van der Waals surface area contributed by atoms with E-state index in [1.165, 1.54) is 37.3 Å². The summed E-state index contributed by atoms with van der Waals surface area (Å²) in [4.78, 5) is 10.2. The molecule has 2 saturated heterocycles. The lowest BCUT2D eigenvalue weighted by Crippen LogP contribution is -2.56. The van der Waals surface area contributed by atoms with Crippen LogP contribution in [0.25, 0.3) is 0 Å². The highest BCUT2D eigenvalue weighted by molar-refractivity contribution is 14.0. The van der Waals surface area contributed by atoms with E-state index in [2.05, 4.69) is 59.9 Å². The molecule has 2 atom stereocenters. The molecule has 172 valence electrons. The van der Waals surface area contributed by atoms with Gasteiger partial charge in [0.2, 0.25) is 0 Å². The van der Waals surface area contributed by atoms with Gasteiger partial charge in [-0.1, -0.05) is 13.8 Å². The van der Waals surface area contributed by atoms with Gasteiger partial charge in [0.05, 0.1) is 25.3 Å². The van der Waals surface area contributed by atoms with Crippen molar-refractivity contribution in [2.75, 3.05) is 70.5 Å². The Morgan fingerprint density at radius 3 is 2.55 bits per heavy atom. The van der Waals surface area contributed by atoms with Crippen LogP contribution in [-0.4, -0.2) is 97.9 Å². The second-order valence-electron chi connectivity index (χ2n) is 8.04. The summed E-state index contributed by atoms with van der Waals surface area (Å²) < 4.78 is 5.58. The lowest BCUT2D eigenvalue weighted by Gasteiger charge is -2.42. The lowest BCUT2D eigenvalue weighted by atomic mass is 9.96. The minimum Gasteiger partial charge on any atom is -0.379 e. The Morgan fingerprint density at radius 2 is 1.97 bits per heavy atom. The average molecular weight is 542 g/mol. The van der Waals surface area contributed by atoms with E-state index >= 15 is 0 Å². The molecular formula is C21H44IN5OS. The van der Waals surface area contributed by atoms with Crippen LogP contribution < -0.4 is 10.6 Å². The molecule has 0 amide bonds. The first kappa shape index (κ1) is 27.3. The molecule has 0 aromatic rings. The van der Waals surface area contributed by atoms with Gasteiger partial charge in [0, 0.05) is 31.4 Å². The van der Waals surface area contributed by atoms with Crippen LogP contribution in [0.2, 0.25) is 0 Å². The van der Waals surface area contributed by atoms with Crippen LogP contribution in [0.5, 0.6) is 0 Å². The van der Waals surface area contributed by atoms with Crippen molar-refractivity contribution in [3.8, 4) is 0 Å². The zero-order chi connectivity index (χ0) is 20.2. The van der Waals surface area contributed by atoms with E-state index in [1.807, 2.05) is 0 Å². The summed E-state index contributed by atoms with van der Waals surface area (Å²) in [5, 5.41) is 7.10. The minimum atomic E-state index is 0. The first-order chi connectivity index (χ1) is 13.6. The van der Waals surface area contributed by atoms with Crippen molar-refractivity contribution >= 4 is 41.7 Å². The largest absolute Gasteiger partial charge is 0.379 e. The SMILES string of the molecule is CCNC(=NCC1(N2CCOCC2)CCSC1)NC(C)CCCN(CC)CC.I. The number of aliphatic imine (C=N–C) groups is 1. The molecule has 2 aliphatic rings. The number of nitrogens with zero attached hydrogens (tertiary/aromatic N) is 3. The van der Waals surface area contributed by atoms with Crippen molar-refractivity contribution in [1.82, 2.24) is 20.4 Å². The Kier molecular flexibility index (Phi) is 14.2. The first-order valence-electron chi connectivity index (χ1n) is 11.3. The van der Waals surface area contributed by atoms with Crippen LogP contribution in [0.3, 0.4) is 0 Å². The van der Waals surface area contributed by atoms with E-state index in [9.17, 15) is 0 Å². The molecule has 6 nitrogen and oxygen atoms in total. The first-order valence-corrected chi connectivity index (χ1v) is 12.5. The summed E-state index contributed by atoms with van der Waals surface area (Å²) in [6.45, 7) is 18.0. The van der Waals surface area contributed by atoms with E-state index in [0.29, 0.717) is 6.04 Å². The molecule has 0 spiro atoms. The summed E-state index contributed by atoms with van der Waals surface area (Å²) in [7, 11) is 0. The highest BCUT2D eigenvalue weighted by atomic mass is 127. The van der Waals surface area contributed by atoms with Crippen molar-refractivity contribution in [3.63, 3.8) is 0 Å². The zero-order valence-electron chi connectivity index (χ0n) is 19.0. The normalized spacial score (nSPS) is 24.4. The third-order valence-corrected chi connectivity index (χ3v) is 7.26. The maximum Gasteiger partial charge on any atom is 0.191 e. The number of guanidine groups is 1. The Bertz CT molecular complexity index is 452. The number of nitrogens with one attached hydrogen (secondary N) is 2. The fourth-order valence-corrected chi connectivity index (χ4v) is 5.59. The fraction of sp³-hybridized carbons (Fsp3) is 0.952. The van der Waals surface area contributed by atoms with Gasteiger partial charge in [-0.2, -0.15) is 11.8 Å². The van der Waals surface area contributed by atoms with Crippen molar-refractivity contribution in [3.05, 3.63) is 0 Å². The lowest BCUT2D eigenvalue weighted by molar-refractivity contribution is -0.0104. The second kappa shape index (κ2) is 15.1. The van der Waals surface area contributed by atoms with Gasteiger partial charge in [-0.25, -0.2) is 0 Å². The van der Waals surface area contributed by atoms with Crippen LogP contribution >= 0.6 is 35.7 Å². The van der Waals surface area contributed by atoms with Gasteiger partial charge >= 0.3 is 0 Å². The molecule has 2 rings (SSSR count). The van der Waals surface area contributed by atoms with Crippen molar-refractivity contribution in [2.24, 2.45) is 4.99 Å². The molecule has 2 N–H and O–H groups in total. The summed E-state index contributed by atoms with van der Waals surface area (Å²) in [6.07, 6.45) is 3.63. The van der Waals surface area contributed by atoms with Crippen LogP contribution in [0.4, 0.5) is 0 Å². The molecule has 0 saturated carbocycles. The second-order valence-corrected chi connectivity index (χ2v) is 9.14. The van der Waals surface area contributed by atoms with Crippen molar-refractivity contribution < 1.29 is 4.74 Å². The molecule has 0 radical (unpaired) electrons. The number of thioether (sulfide) groups is 1. The molecule has 29 heavy (non-hydrogen) atoms. The van der Waals surface area contributed by atoms with Crippen LogP contribution in [-0.2, 0) is 4.74 Å². The maximum absolute atomic E-state index is 5.58. The molecule has 2 unspecified atom stereocenters. The minimum absolute atomic E-state index is 0. The summed E-state index contributed by atoms with van der Waals surface area (Å²) in [5.74, 6) is 3.41. The van der Waals surface area contributed by atoms with Crippen LogP contribution in [0.15, 0.2) is 4.99 Å². The van der Waals surface area contributed by atoms with E-state index in [1.54, 1.807) is 0 Å². The molecule has 8 heteroatoms. The van der Waals surface area contributed by atoms with E-state index < -0.39 is 0 Å². The summed E-state index contributed by atoms with van der Waals surface area (Å²) in [6, 6.07) is 0.436. The van der Waals surface area contributed by atoms with Gasteiger partial charge in [0.15, 0.2) is 5.96 Å². The van der Waals surface area contributed by atoms with Gasteiger partial charge in [-0.05, 0) is 58.5 Å². The highest BCUT2D eigenvalue weighted by Gasteiger charge is 2.40. The van der Waals surface area contributed by atoms with Gasteiger partial charge in [-0.15, -0.1) is 24.0 Å². The maximum atomic E-state index is 5.58. The predicted molar refractivity (Wildman–Crippen MR) is 138 cm³/mol. The fourth-order valence-electron chi connectivity index (χ4n) is 4.12. The van der Waals surface area contributed by atoms with Gasteiger partial charge in [0.1, 0.15) is 0 Å². The third kappa shape index (κ3) is 9.09. The smallest absolute Gasteiger partial charge is 0.191 e. The number of rotatable bonds is 11. The Morgan fingerprint density at radius 1 is 1.24 bits per heavy atom. The number of morpholine rings is 1. The molecular weight excluding hydrogens is 497 g/mol. The summed E-state index contributed by atoms with van der Waals surface area (Å²) >= 11 is 2.07. The molecule has 0 bridgehead atoms. The topological polar surface area (TPSA) is 52.1 Å². The molecule has 2 heterocycles. The Balaban J connectivity index is 0.00000420. The monoisotopic (exact) mass is 541 g/mol. The van der Waals surface area contributed by atoms with Crippen LogP contribution in [0, 0.1) is 0 Å². The van der Waals surface area contributed by atoms with E-state index in [4.69, 9.17) is 9.73 Å². The Hall–Kier alpha value is 0.230. The van der Waals surface area contributed by atoms with Crippen molar-refractivity contribution in [2.45, 2.75) is 58.5 Å². The number of hydrogen-bond acceptors (Lipinski definition) is 5. The molecule has 0 aromatic heterocycles. The molecule has 0 aliphatic carbocycles. The van der Waals surface area contributed by atoms with Gasteiger partial charge in [-0.3, -0.25) is 9.89 Å². The summed E-state index contributed by atoms with van der Waals surface area (Å²) in [5.41, 5.74) is 0.211. The predicted octanol–water partition coefficient (Wildman–Crippen LogP) is 2.88. The number of halogens is 1. The number of ether oxygens (including phenoxy) is 1. The standard InChI is InChI=1S/C21H43N5OS.HI/c1-5-22-20(24-19(4)9-8-11-25(6-2)7-3)23-17-21(10-16-28-18-21)26-12-14-27-15-13-26;/h19H,5-18H2,1-4H3,(H2,22,23,24);1H. The third-order valence-electron chi connectivity index (χ3n) is 6.03. The van der Waals surface area contributed by atoms with Crippen molar-refractivity contribution in [1.29, 1.82) is 0 Å². The highest BCUT2D eigenvalue weighted by Crippen LogP contribution is 2.34. The average Bonchev–Trinajstić information content (AvgIpc) is 3.20. The molecule has 2 fully saturated rings. The van der Waals surface area contributed by atoms with E-state index in [-0.39, 0.29) is 29.5 Å². The molecule has 0 aromatic carbocycles. The van der Waals surface area contributed by atoms with E-state index in [0.717, 1.165) is 58.4 Å². The number of hydrogen-bond donors (Lipinski definition) is 2. The Labute approximate surface area is 200 Å². The zero-order valence-corrected chi connectivity index (χ0v) is 22.2. The molecule has 2 aliphatic heterocycles. The quantitative estimate of drug-likeness (QED) is 0.239. The van der Waals surface area contributed by atoms with Crippen LogP contribution in [0.1, 0.15) is 47.0 Å². The van der Waals surface area contributed by atoms with Gasteiger partial charge < -0.3 is 20.3 Å². The van der Waals surface area contributed by atoms with Gasteiger partial charge in [0.25, 0.3) is 0 Å².